The van der Waals surface area contributed by atoms with Gasteiger partial charge in [-0.1, -0.05) is 18.7 Å². The van der Waals surface area contributed by atoms with E-state index in [9.17, 15) is 9.59 Å². The zero-order chi connectivity index (χ0) is 19.1. The van der Waals surface area contributed by atoms with Crippen molar-refractivity contribution in [3.63, 3.8) is 0 Å². The molecule has 1 aromatic carbocycles. The number of carbonyl (C=O) groups excluding carboxylic acids is 1. The first-order valence-corrected chi connectivity index (χ1v) is 8.96. The molecule has 1 heterocycles. The van der Waals surface area contributed by atoms with Crippen LogP contribution in [-0.2, 0) is 9.59 Å². The van der Waals surface area contributed by atoms with Crippen LogP contribution in [0.3, 0.4) is 0 Å². The molecule has 1 aliphatic heterocycles. The third kappa shape index (κ3) is 5.48. The van der Waals surface area contributed by atoms with E-state index in [2.05, 4.69) is 15.5 Å². The number of carboxylic acids is 1. The number of ether oxygens (including phenoxy) is 2. The Labute approximate surface area is 155 Å². The molecule has 9 heteroatoms. The molecular formula is C17H21N3O5S. The van der Waals surface area contributed by atoms with Crippen LogP contribution in [0.15, 0.2) is 28.4 Å². The van der Waals surface area contributed by atoms with Crippen molar-refractivity contribution in [3.05, 3.63) is 23.8 Å². The highest BCUT2D eigenvalue weighted by atomic mass is 32.2. The van der Waals surface area contributed by atoms with E-state index in [-0.39, 0.29) is 23.6 Å². The molecule has 26 heavy (non-hydrogen) atoms. The SMILES string of the molecule is CCC(C)Oc1ccc(C=NN=C2NC(=O)C(CC(=O)O)S2)cc1OC. The number of hydrogen-bond donors (Lipinski definition) is 2. The molecule has 0 aliphatic carbocycles. The van der Waals surface area contributed by atoms with Gasteiger partial charge in [-0.15, -0.1) is 5.10 Å². The topological polar surface area (TPSA) is 110 Å². The summed E-state index contributed by atoms with van der Waals surface area (Å²) in [6, 6.07) is 5.39. The van der Waals surface area contributed by atoms with Gasteiger partial charge in [0.2, 0.25) is 5.91 Å². The van der Waals surface area contributed by atoms with Crippen LogP contribution >= 0.6 is 11.8 Å². The monoisotopic (exact) mass is 379 g/mol. The number of carboxylic acid groups (broad SMARTS) is 1. The number of methoxy groups -OCH3 is 1. The number of amidine groups is 1. The molecule has 0 spiro atoms. The first kappa shape index (κ1) is 19.8. The Hall–Kier alpha value is -2.55. The summed E-state index contributed by atoms with van der Waals surface area (Å²) >= 11 is 1.05. The number of thioether (sulfide) groups is 1. The fraction of sp³-hybridized carbons (Fsp3) is 0.412. The summed E-state index contributed by atoms with van der Waals surface area (Å²) in [6.07, 6.45) is 2.22. The Morgan fingerprint density at radius 2 is 2.23 bits per heavy atom. The molecule has 2 atom stereocenters. The number of nitrogens with zero attached hydrogens (tertiary/aromatic N) is 2. The van der Waals surface area contributed by atoms with Crippen molar-refractivity contribution < 1.29 is 24.2 Å². The van der Waals surface area contributed by atoms with E-state index in [0.717, 1.165) is 23.7 Å². The van der Waals surface area contributed by atoms with Crippen molar-refractivity contribution in [3.8, 4) is 11.5 Å². The van der Waals surface area contributed by atoms with Gasteiger partial charge in [-0.05, 0) is 37.1 Å². The van der Waals surface area contributed by atoms with Crippen molar-refractivity contribution in [2.75, 3.05) is 7.11 Å². The number of benzene rings is 1. The number of carbonyl (C=O) groups is 2. The third-order valence-corrected chi connectivity index (χ3v) is 4.65. The van der Waals surface area contributed by atoms with E-state index >= 15 is 0 Å². The van der Waals surface area contributed by atoms with Gasteiger partial charge in [-0.3, -0.25) is 9.59 Å². The summed E-state index contributed by atoms with van der Waals surface area (Å²) < 4.78 is 11.1. The first-order valence-electron chi connectivity index (χ1n) is 8.08. The largest absolute Gasteiger partial charge is 0.493 e. The minimum Gasteiger partial charge on any atom is -0.493 e. The van der Waals surface area contributed by atoms with Crippen molar-refractivity contribution in [1.82, 2.24) is 5.32 Å². The average molecular weight is 379 g/mol. The van der Waals surface area contributed by atoms with Crippen molar-refractivity contribution in [2.45, 2.75) is 38.0 Å². The smallest absolute Gasteiger partial charge is 0.305 e. The van der Waals surface area contributed by atoms with E-state index in [4.69, 9.17) is 14.6 Å². The Kier molecular flexibility index (Phi) is 7.02. The molecule has 1 fully saturated rings. The molecule has 140 valence electrons. The predicted octanol–water partition coefficient (Wildman–Crippen LogP) is 2.27. The number of amides is 1. The Balaban J connectivity index is 2.04. The lowest BCUT2D eigenvalue weighted by Crippen LogP contribution is -2.26. The van der Waals surface area contributed by atoms with E-state index in [1.54, 1.807) is 19.2 Å². The maximum atomic E-state index is 11.6. The second kappa shape index (κ2) is 9.23. The molecule has 0 aromatic heterocycles. The summed E-state index contributed by atoms with van der Waals surface area (Å²) in [6.45, 7) is 4.02. The van der Waals surface area contributed by atoms with Gasteiger partial charge in [0.05, 0.1) is 25.8 Å². The summed E-state index contributed by atoms with van der Waals surface area (Å²) in [4.78, 5) is 22.3. The van der Waals surface area contributed by atoms with E-state index in [1.807, 2.05) is 19.9 Å². The summed E-state index contributed by atoms with van der Waals surface area (Å²) in [5.41, 5.74) is 0.749. The molecule has 2 rings (SSSR count). The molecule has 0 radical (unpaired) electrons. The molecule has 8 nitrogen and oxygen atoms in total. The van der Waals surface area contributed by atoms with Crippen LogP contribution in [0.4, 0.5) is 0 Å². The van der Waals surface area contributed by atoms with Crippen LogP contribution in [0.2, 0.25) is 0 Å². The molecule has 2 N–H and O–H groups in total. The fourth-order valence-electron chi connectivity index (χ4n) is 2.06. The molecule has 1 amide bonds. The van der Waals surface area contributed by atoms with Gasteiger partial charge in [0.15, 0.2) is 16.7 Å². The summed E-state index contributed by atoms with van der Waals surface area (Å²) in [5.74, 6) is -0.166. The molecule has 0 saturated carbocycles. The third-order valence-electron chi connectivity index (χ3n) is 3.58. The normalized spacial score (nSPS) is 19.6. The van der Waals surface area contributed by atoms with Crippen LogP contribution in [0, 0.1) is 0 Å². The first-order chi connectivity index (χ1) is 12.4. The minimum absolute atomic E-state index is 0.0802. The highest BCUT2D eigenvalue weighted by Crippen LogP contribution is 2.29. The van der Waals surface area contributed by atoms with E-state index < -0.39 is 11.2 Å². The van der Waals surface area contributed by atoms with Crippen LogP contribution in [0.1, 0.15) is 32.3 Å². The zero-order valence-corrected chi connectivity index (χ0v) is 15.6. The highest BCUT2D eigenvalue weighted by molar-refractivity contribution is 8.15. The lowest BCUT2D eigenvalue weighted by atomic mass is 10.2. The summed E-state index contributed by atoms with van der Waals surface area (Å²) in [7, 11) is 1.56. The molecular weight excluding hydrogens is 358 g/mol. The van der Waals surface area contributed by atoms with E-state index in [1.165, 1.54) is 6.21 Å². The maximum absolute atomic E-state index is 11.6. The molecule has 1 aromatic rings. The van der Waals surface area contributed by atoms with Gasteiger partial charge in [0.25, 0.3) is 0 Å². The number of hydrogen-bond acceptors (Lipinski definition) is 7. The lowest BCUT2D eigenvalue weighted by Gasteiger charge is -2.15. The van der Waals surface area contributed by atoms with Gasteiger partial charge in [-0.25, -0.2) is 0 Å². The molecule has 0 bridgehead atoms. The Bertz CT molecular complexity index is 735. The molecule has 1 aliphatic rings. The van der Waals surface area contributed by atoms with E-state index in [0.29, 0.717) is 11.5 Å². The van der Waals surface area contributed by atoms with Gasteiger partial charge < -0.3 is 19.9 Å². The van der Waals surface area contributed by atoms with Gasteiger partial charge >= 0.3 is 5.97 Å². The number of rotatable bonds is 8. The van der Waals surface area contributed by atoms with Crippen molar-refractivity contribution >= 4 is 35.0 Å². The standard InChI is InChI=1S/C17H21N3O5S/c1-4-10(2)25-12-6-5-11(7-13(12)24-3)9-18-20-17-19-16(23)14(26-17)8-15(21)22/h5-7,9-10,14H,4,8H2,1-3H3,(H,21,22)(H,19,20,23). The zero-order valence-electron chi connectivity index (χ0n) is 14.8. The van der Waals surface area contributed by atoms with Crippen molar-refractivity contribution in [2.24, 2.45) is 10.2 Å². The minimum atomic E-state index is -1.03. The predicted molar refractivity (Wildman–Crippen MR) is 100 cm³/mol. The van der Waals surface area contributed by atoms with Gasteiger partial charge in [-0.2, -0.15) is 5.10 Å². The van der Waals surface area contributed by atoms with Gasteiger partial charge in [0.1, 0.15) is 5.25 Å². The molecule has 2 unspecified atom stereocenters. The van der Waals surface area contributed by atoms with Gasteiger partial charge in [0, 0.05) is 0 Å². The lowest BCUT2D eigenvalue weighted by molar-refractivity contribution is -0.138. The van der Waals surface area contributed by atoms with Crippen LogP contribution < -0.4 is 14.8 Å². The quantitative estimate of drug-likeness (QED) is 0.530. The second-order valence-corrected chi connectivity index (χ2v) is 6.78. The van der Waals surface area contributed by atoms with Crippen LogP contribution in [0.5, 0.6) is 11.5 Å². The highest BCUT2D eigenvalue weighted by Gasteiger charge is 2.32. The average Bonchev–Trinajstić information content (AvgIpc) is 2.94. The maximum Gasteiger partial charge on any atom is 0.305 e. The van der Waals surface area contributed by atoms with Crippen LogP contribution in [0.25, 0.3) is 0 Å². The number of aliphatic carboxylic acids is 1. The van der Waals surface area contributed by atoms with Crippen molar-refractivity contribution in [1.29, 1.82) is 0 Å². The van der Waals surface area contributed by atoms with Crippen LogP contribution in [-0.4, -0.2) is 46.8 Å². The fourth-order valence-corrected chi connectivity index (χ4v) is 2.97. The Morgan fingerprint density at radius 1 is 1.46 bits per heavy atom. The molecule has 1 saturated heterocycles. The second-order valence-electron chi connectivity index (χ2n) is 5.59. The number of nitrogens with one attached hydrogen (secondary N) is 1. The summed E-state index contributed by atoms with van der Waals surface area (Å²) in [5, 5.41) is 18.7. The Morgan fingerprint density at radius 3 is 2.88 bits per heavy atom.